The molecule has 0 fully saturated rings. The van der Waals surface area contributed by atoms with E-state index in [4.69, 9.17) is 4.42 Å². The number of hydrogen-bond donors (Lipinski definition) is 0. The van der Waals surface area contributed by atoms with Crippen molar-refractivity contribution in [2.45, 2.75) is 0 Å². The first-order valence-electron chi connectivity index (χ1n) is 17.6. The van der Waals surface area contributed by atoms with Crippen molar-refractivity contribution in [1.29, 1.82) is 0 Å². The van der Waals surface area contributed by atoms with E-state index in [-0.39, 0.29) is 0 Å². The van der Waals surface area contributed by atoms with E-state index in [1.165, 1.54) is 87.2 Å². The third-order valence-electron chi connectivity index (χ3n) is 10.8. The van der Waals surface area contributed by atoms with Gasteiger partial charge in [-0.25, -0.2) is 0 Å². The lowest BCUT2D eigenvalue weighted by Gasteiger charge is -2.18. The molecule has 1 heteroatoms. The van der Waals surface area contributed by atoms with E-state index in [2.05, 4.69) is 182 Å². The van der Waals surface area contributed by atoms with Crippen LogP contribution in [0, 0.1) is 0 Å². The third kappa shape index (κ3) is 4.35. The van der Waals surface area contributed by atoms with E-state index in [9.17, 15) is 0 Å². The molecule has 1 aromatic heterocycles. The predicted octanol–water partition coefficient (Wildman–Crippen LogP) is 14.4. The van der Waals surface area contributed by atoms with Crippen LogP contribution < -0.4 is 0 Å². The van der Waals surface area contributed by atoms with Crippen molar-refractivity contribution in [2.75, 3.05) is 0 Å². The quantitative estimate of drug-likeness (QED) is 0.138. The first-order chi connectivity index (χ1) is 25.3. The lowest BCUT2D eigenvalue weighted by molar-refractivity contribution is 0.669. The van der Waals surface area contributed by atoms with Gasteiger partial charge in [0.1, 0.15) is 11.2 Å². The Kier molecular flexibility index (Phi) is 6.02. The summed E-state index contributed by atoms with van der Waals surface area (Å²) in [5, 5.41) is 14.8. The second-order valence-corrected chi connectivity index (χ2v) is 13.6. The summed E-state index contributed by atoms with van der Waals surface area (Å²) in [6.45, 7) is 0. The standard InChI is InChI=1S/C50H30O/c1-2-11-33-27-34(19-17-31(33)9-1)35-22-25-47-45(29-35)46-30-38(23-26-48(46)51-47)50-43-15-7-5-13-41(43)49(42-14-6-8-16-44(42)50)37-21-24-40-36(28-37)20-18-32-10-3-4-12-39(32)40/h1-30H. The van der Waals surface area contributed by atoms with Crippen molar-refractivity contribution in [2.24, 2.45) is 0 Å². The maximum absolute atomic E-state index is 6.42. The highest BCUT2D eigenvalue weighted by Gasteiger charge is 2.18. The molecule has 0 unspecified atom stereocenters. The fourth-order valence-electron chi connectivity index (χ4n) is 8.40. The zero-order valence-electron chi connectivity index (χ0n) is 27.7. The van der Waals surface area contributed by atoms with Crippen LogP contribution >= 0.6 is 0 Å². The zero-order valence-corrected chi connectivity index (χ0v) is 27.7. The number of furan rings is 1. The number of rotatable bonds is 3. The van der Waals surface area contributed by atoms with E-state index < -0.39 is 0 Å². The van der Waals surface area contributed by atoms with Gasteiger partial charge in [-0.3, -0.25) is 0 Å². The molecule has 0 atom stereocenters. The van der Waals surface area contributed by atoms with Gasteiger partial charge in [0, 0.05) is 10.8 Å². The first-order valence-corrected chi connectivity index (χ1v) is 17.6. The molecule has 11 aromatic rings. The summed E-state index contributed by atoms with van der Waals surface area (Å²) in [4.78, 5) is 0. The van der Waals surface area contributed by atoms with Crippen molar-refractivity contribution in [3.05, 3.63) is 182 Å². The molecule has 10 aromatic carbocycles. The molecule has 1 nitrogen and oxygen atoms in total. The molecule has 51 heavy (non-hydrogen) atoms. The van der Waals surface area contributed by atoms with Crippen LogP contribution in [0.4, 0.5) is 0 Å². The molecule has 0 aliphatic rings. The normalized spacial score (nSPS) is 11.9. The van der Waals surface area contributed by atoms with Crippen molar-refractivity contribution < 1.29 is 4.42 Å². The SMILES string of the molecule is c1ccc2cc(-c3ccc4oc5ccc(-c6c7ccccc7c(-c7ccc8c(ccc9ccccc98)c7)c7ccccc67)cc5c4c3)ccc2c1. The molecule has 1 heterocycles. The van der Waals surface area contributed by atoms with Crippen LogP contribution in [0.3, 0.4) is 0 Å². The summed E-state index contributed by atoms with van der Waals surface area (Å²) >= 11 is 0. The van der Waals surface area contributed by atoms with Crippen LogP contribution in [0.2, 0.25) is 0 Å². The molecule has 0 aliphatic carbocycles. The highest BCUT2D eigenvalue weighted by atomic mass is 16.3. The topological polar surface area (TPSA) is 13.1 Å². The van der Waals surface area contributed by atoms with Crippen molar-refractivity contribution in [1.82, 2.24) is 0 Å². The van der Waals surface area contributed by atoms with E-state index in [0.29, 0.717) is 0 Å². The summed E-state index contributed by atoms with van der Waals surface area (Å²) in [6, 6.07) is 66.4. The lowest BCUT2D eigenvalue weighted by Crippen LogP contribution is -1.91. The van der Waals surface area contributed by atoms with Gasteiger partial charge in [-0.15, -0.1) is 0 Å². The van der Waals surface area contributed by atoms with E-state index >= 15 is 0 Å². The van der Waals surface area contributed by atoms with Gasteiger partial charge >= 0.3 is 0 Å². The molecule has 0 amide bonds. The fourth-order valence-corrected chi connectivity index (χ4v) is 8.40. The van der Waals surface area contributed by atoms with E-state index in [1.54, 1.807) is 0 Å². The summed E-state index contributed by atoms with van der Waals surface area (Å²) in [5.41, 5.74) is 9.13. The Morgan fingerprint density at radius 2 is 0.647 bits per heavy atom. The number of hydrogen-bond acceptors (Lipinski definition) is 1. The Balaban J connectivity index is 1.12. The lowest BCUT2D eigenvalue weighted by atomic mass is 9.85. The van der Waals surface area contributed by atoms with E-state index in [0.717, 1.165) is 21.9 Å². The second-order valence-electron chi connectivity index (χ2n) is 13.6. The van der Waals surface area contributed by atoms with Gasteiger partial charge in [-0.1, -0.05) is 146 Å². The van der Waals surface area contributed by atoms with Crippen molar-refractivity contribution in [3.8, 4) is 33.4 Å². The summed E-state index contributed by atoms with van der Waals surface area (Å²) < 4.78 is 6.42. The summed E-state index contributed by atoms with van der Waals surface area (Å²) in [5.74, 6) is 0. The van der Waals surface area contributed by atoms with Crippen LogP contribution in [0.5, 0.6) is 0 Å². The Bertz CT molecular complexity index is 3140. The molecular formula is C50H30O. The Hall–Kier alpha value is -6.70. The molecule has 0 radical (unpaired) electrons. The minimum absolute atomic E-state index is 0.901. The predicted molar refractivity (Wildman–Crippen MR) is 218 cm³/mol. The Morgan fingerprint density at radius 1 is 0.235 bits per heavy atom. The van der Waals surface area contributed by atoms with Gasteiger partial charge < -0.3 is 4.42 Å². The largest absolute Gasteiger partial charge is 0.456 e. The van der Waals surface area contributed by atoms with Gasteiger partial charge in [0.25, 0.3) is 0 Å². The smallest absolute Gasteiger partial charge is 0.135 e. The maximum atomic E-state index is 6.42. The van der Waals surface area contributed by atoms with Crippen molar-refractivity contribution >= 4 is 75.8 Å². The molecular weight excluding hydrogens is 617 g/mol. The third-order valence-corrected chi connectivity index (χ3v) is 10.8. The van der Waals surface area contributed by atoms with Crippen LogP contribution in [0.15, 0.2) is 186 Å². The minimum Gasteiger partial charge on any atom is -0.456 e. The van der Waals surface area contributed by atoms with Gasteiger partial charge in [0.15, 0.2) is 0 Å². The van der Waals surface area contributed by atoms with Gasteiger partial charge in [-0.05, 0) is 124 Å². The fraction of sp³-hybridized carbons (Fsp3) is 0. The molecule has 0 bridgehead atoms. The molecule has 0 N–H and O–H groups in total. The molecule has 0 saturated carbocycles. The molecule has 0 aliphatic heterocycles. The van der Waals surface area contributed by atoms with Gasteiger partial charge in [-0.2, -0.15) is 0 Å². The van der Waals surface area contributed by atoms with Crippen LogP contribution in [-0.4, -0.2) is 0 Å². The maximum Gasteiger partial charge on any atom is 0.135 e. The average Bonchev–Trinajstić information content (AvgIpc) is 3.56. The van der Waals surface area contributed by atoms with Crippen LogP contribution in [0.25, 0.3) is 109 Å². The molecule has 0 spiro atoms. The first kappa shape index (κ1) is 28.2. The minimum atomic E-state index is 0.901. The highest BCUT2D eigenvalue weighted by molar-refractivity contribution is 6.23. The molecule has 11 rings (SSSR count). The monoisotopic (exact) mass is 646 g/mol. The van der Waals surface area contributed by atoms with E-state index in [1.807, 2.05) is 0 Å². The van der Waals surface area contributed by atoms with Gasteiger partial charge in [0.2, 0.25) is 0 Å². The van der Waals surface area contributed by atoms with Crippen LogP contribution in [-0.2, 0) is 0 Å². The van der Waals surface area contributed by atoms with Crippen LogP contribution in [0.1, 0.15) is 0 Å². The Morgan fingerprint density at radius 3 is 1.33 bits per heavy atom. The summed E-state index contributed by atoms with van der Waals surface area (Å²) in [7, 11) is 0. The zero-order chi connectivity index (χ0) is 33.5. The number of benzene rings is 10. The average molecular weight is 647 g/mol. The molecule has 0 saturated heterocycles. The summed E-state index contributed by atoms with van der Waals surface area (Å²) in [6.07, 6.45) is 0. The molecule has 236 valence electrons. The van der Waals surface area contributed by atoms with Crippen molar-refractivity contribution in [3.63, 3.8) is 0 Å². The van der Waals surface area contributed by atoms with Gasteiger partial charge in [0.05, 0.1) is 0 Å². The Labute approximate surface area is 294 Å². The highest BCUT2D eigenvalue weighted by Crippen LogP contribution is 2.45. The number of fused-ring (bicyclic) bond motifs is 9. The second kappa shape index (κ2) is 10.9.